The van der Waals surface area contributed by atoms with Crippen molar-refractivity contribution in [3.63, 3.8) is 0 Å². The van der Waals surface area contributed by atoms with Crippen molar-refractivity contribution in [2.45, 2.75) is 6.54 Å². The largest absolute Gasteiger partial charge is 0.508 e. The molecule has 0 aliphatic rings. The molecule has 1 aromatic carbocycles. The molecule has 1 aromatic heterocycles. The Morgan fingerprint density at radius 3 is 2.59 bits per heavy atom. The minimum absolute atomic E-state index is 0.0764. The van der Waals surface area contributed by atoms with Gasteiger partial charge in [0.05, 0.1) is 6.26 Å². The summed E-state index contributed by atoms with van der Waals surface area (Å²) in [5, 5.41) is 20.8. The maximum atomic E-state index is 10.6. The van der Waals surface area contributed by atoms with Crippen LogP contribution < -0.4 is 5.32 Å². The van der Waals surface area contributed by atoms with E-state index in [1.165, 1.54) is 12.3 Å². The summed E-state index contributed by atoms with van der Waals surface area (Å²) in [5.74, 6) is -0.958. The van der Waals surface area contributed by atoms with Crippen molar-refractivity contribution >= 4 is 11.7 Å². The van der Waals surface area contributed by atoms with Crippen molar-refractivity contribution in [2.24, 2.45) is 0 Å². The number of carbonyl (C=O) groups is 1. The summed E-state index contributed by atoms with van der Waals surface area (Å²) in [4.78, 5) is 10.6. The molecule has 17 heavy (non-hydrogen) atoms. The van der Waals surface area contributed by atoms with Crippen molar-refractivity contribution in [3.05, 3.63) is 47.9 Å². The van der Waals surface area contributed by atoms with Gasteiger partial charge in [0.25, 0.3) is 0 Å². The van der Waals surface area contributed by atoms with Gasteiger partial charge < -0.3 is 19.9 Å². The fourth-order valence-corrected chi connectivity index (χ4v) is 1.36. The highest BCUT2D eigenvalue weighted by Crippen LogP contribution is 2.15. The highest BCUT2D eigenvalue weighted by atomic mass is 16.4. The molecule has 2 rings (SSSR count). The number of aromatic hydroxyl groups is 1. The summed E-state index contributed by atoms with van der Waals surface area (Å²) < 4.78 is 4.85. The van der Waals surface area contributed by atoms with Gasteiger partial charge in [0.2, 0.25) is 5.76 Å². The molecule has 0 unspecified atom stereocenters. The van der Waals surface area contributed by atoms with E-state index in [0.717, 1.165) is 11.3 Å². The molecule has 0 spiro atoms. The average Bonchev–Trinajstić information content (AvgIpc) is 2.77. The third-order valence-corrected chi connectivity index (χ3v) is 2.23. The number of aromatic carboxylic acids is 1. The Kier molecular flexibility index (Phi) is 3.00. The monoisotopic (exact) mass is 233 g/mol. The maximum absolute atomic E-state index is 10.6. The molecule has 5 heteroatoms. The summed E-state index contributed by atoms with van der Waals surface area (Å²) in [6.45, 7) is 0.460. The van der Waals surface area contributed by atoms with Crippen LogP contribution in [0.1, 0.15) is 16.1 Å². The summed E-state index contributed by atoms with van der Waals surface area (Å²) in [7, 11) is 0. The molecule has 88 valence electrons. The highest BCUT2D eigenvalue weighted by Gasteiger charge is 2.08. The molecule has 0 aliphatic carbocycles. The summed E-state index contributed by atoms with van der Waals surface area (Å²) >= 11 is 0. The van der Waals surface area contributed by atoms with E-state index >= 15 is 0 Å². The zero-order chi connectivity index (χ0) is 12.3. The first-order valence-electron chi connectivity index (χ1n) is 4.99. The molecule has 1 heterocycles. The smallest absolute Gasteiger partial charge is 0.371 e. The summed E-state index contributed by atoms with van der Waals surface area (Å²) in [5.41, 5.74) is 1.58. The lowest BCUT2D eigenvalue weighted by Gasteiger charge is -2.03. The van der Waals surface area contributed by atoms with Crippen LogP contribution in [0.2, 0.25) is 0 Å². The van der Waals surface area contributed by atoms with Gasteiger partial charge in [-0.05, 0) is 30.3 Å². The number of phenolic OH excluding ortho intramolecular Hbond substituents is 1. The van der Waals surface area contributed by atoms with Crippen LogP contribution in [0.15, 0.2) is 41.0 Å². The lowest BCUT2D eigenvalue weighted by Crippen LogP contribution is -1.98. The number of hydrogen-bond acceptors (Lipinski definition) is 4. The predicted molar refractivity (Wildman–Crippen MR) is 61.1 cm³/mol. The number of benzene rings is 1. The molecule has 0 amide bonds. The summed E-state index contributed by atoms with van der Waals surface area (Å²) in [6, 6.07) is 8.07. The van der Waals surface area contributed by atoms with Crippen molar-refractivity contribution in [1.82, 2.24) is 0 Å². The fourth-order valence-electron chi connectivity index (χ4n) is 1.36. The molecule has 3 N–H and O–H groups in total. The lowest BCUT2D eigenvalue weighted by atomic mass is 10.2. The normalized spacial score (nSPS) is 10.1. The summed E-state index contributed by atoms with van der Waals surface area (Å²) in [6.07, 6.45) is 1.40. The van der Waals surface area contributed by atoms with Gasteiger partial charge in [0.15, 0.2) is 0 Å². The van der Waals surface area contributed by atoms with Crippen LogP contribution in [0, 0.1) is 0 Å². The molecular formula is C12H11NO4. The van der Waals surface area contributed by atoms with Crippen LogP contribution in [-0.4, -0.2) is 16.2 Å². The molecule has 0 atom stereocenters. The van der Waals surface area contributed by atoms with E-state index in [2.05, 4.69) is 5.32 Å². The third kappa shape index (κ3) is 2.78. The number of rotatable bonds is 4. The third-order valence-electron chi connectivity index (χ3n) is 2.23. The van der Waals surface area contributed by atoms with Crippen LogP contribution in [0.5, 0.6) is 5.75 Å². The van der Waals surface area contributed by atoms with Gasteiger partial charge in [-0.15, -0.1) is 0 Å². The van der Waals surface area contributed by atoms with E-state index in [9.17, 15) is 4.79 Å². The van der Waals surface area contributed by atoms with E-state index in [-0.39, 0.29) is 11.5 Å². The molecule has 0 bridgehead atoms. The number of nitrogens with one attached hydrogen (secondary N) is 1. The molecule has 0 fully saturated rings. The van der Waals surface area contributed by atoms with Crippen molar-refractivity contribution in [1.29, 1.82) is 0 Å². The van der Waals surface area contributed by atoms with Crippen LogP contribution in [0.3, 0.4) is 0 Å². The number of anilines is 1. The van der Waals surface area contributed by atoms with Gasteiger partial charge in [-0.25, -0.2) is 4.79 Å². The minimum atomic E-state index is -1.08. The fraction of sp³-hybridized carbons (Fsp3) is 0.0833. The zero-order valence-electron chi connectivity index (χ0n) is 8.88. The van der Waals surface area contributed by atoms with Gasteiger partial charge >= 0.3 is 5.97 Å². The van der Waals surface area contributed by atoms with Crippen LogP contribution in [0.4, 0.5) is 5.69 Å². The number of hydrogen-bond donors (Lipinski definition) is 3. The Morgan fingerprint density at radius 2 is 2.00 bits per heavy atom. The highest BCUT2D eigenvalue weighted by molar-refractivity contribution is 5.84. The molecule has 0 radical (unpaired) electrons. The first kappa shape index (κ1) is 11.1. The Labute approximate surface area is 97.3 Å². The van der Waals surface area contributed by atoms with Crippen LogP contribution in [-0.2, 0) is 6.54 Å². The first-order valence-corrected chi connectivity index (χ1v) is 4.99. The molecule has 0 saturated carbocycles. The van der Waals surface area contributed by atoms with Gasteiger partial charge in [-0.1, -0.05) is 0 Å². The van der Waals surface area contributed by atoms with Gasteiger partial charge in [-0.3, -0.25) is 0 Å². The average molecular weight is 233 g/mol. The SMILES string of the molecule is O=C(O)c1cc(CNc2ccc(O)cc2)co1. The van der Waals surface area contributed by atoms with E-state index < -0.39 is 5.97 Å². The molecule has 2 aromatic rings. The van der Waals surface area contributed by atoms with Crippen LogP contribution >= 0.6 is 0 Å². The Balaban J connectivity index is 1.97. The Hall–Kier alpha value is -2.43. The van der Waals surface area contributed by atoms with E-state index in [1.807, 2.05) is 0 Å². The topological polar surface area (TPSA) is 82.7 Å². The van der Waals surface area contributed by atoms with Gasteiger partial charge in [0.1, 0.15) is 5.75 Å². The van der Waals surface area contributed by atoms with Gasteiger partial charge in [-0.2, -0.15) is 0 Å². The van der Waals surface area contributed by atoms with Crippen molar-refractivity contribution in [2.75, 3.05) is 5.32 Å². The molecule has 5 nitrogen and oxygen atoms in total. The van der Waals surface area contributed by atoms with E-state index in [0.29, 0.717) is 6.54 Å². The minimum Gasteiger partial charge on any atom is -0.508 e. The zero-order valence-corrected chi connectivity index (χ0v) is 8.88. The number of carboxylic acid groups (broad SMARTS) is 1. The second-order valence-electron chi connectivity index (χ2n) is 3.52. The first-order chi connectivity index (χ1) is 8.15. The van der Waals surface area contributed by atoms with E-state index in [4.69, 9.17) is 14.6 Å². The van der Waals surface area contributed by atoms with Crippen molar-refractivity contribution < 1.29 is 19.4 Å². The molecule has 0 aliphatic heterocycles. The maximum Gasteiger partial charge on any atom is 0.371 e. The van der Waals surface area contributed by atoms with Gasteiger partial charge in [0, 0.05) is 17.8 Å². The van der Waals surface area contributed by atoms with Crippen LogP contribution in [0.25, 0.3) is 0 Å². The quantitative estimate of drug-likeness (QED) is 0.706. The van der Waals surface area contributed by atoms with E-state index in [1.54, 1.807) is 24.3 Å². The Bertz CT molecular complexity index is 516. The molecule has 0 saturated heterocycles. The van der Waals surface area contributed by atoms with Crippen molar-refractivity contribution in [3.8, 4) is 5.75 Å². The number of furan rings is 1. The number of carboxylic acids is 1. The second-order valence-corrected chi connectivity index (χ2v) is 3.52. The predicted octanol–water partition coefficient (Wildman–Crippen LogP) is 2.30. The standard InChI is InChI=1S/C12H11NO4/c14-10-3-1-9(2-4-10)13-6-8-5-11(12(15)16)17-7-8/h1-5,7,13-14H,6H2,(H,15,16). The molecular weight excluding hydrogens is 222 g/mol. The number of phenols is 1. The second kappa shape index (κ2) is 4.61. The lowest BCUT2D eigenvalue weighted by molar-refractivity contribution is 0.0662. The Morgan fingerprint density at radius 1 is 1.29 bits per heavy atom.